The molecule has 1 aliphatic carbocycles. The van der Waals surface area contributed by atoms with Gasteiger partial charge in [-0.1, -0.05) is 29.8 Å². The number of nitrogens with one attached hydrogen (secondary N) is 1. The molecule has 3 aliphatic rings. The van der Waals surface area contributed by atoms with Gasteiger partial charge in [0, 0.05) is 5.92 Å². The third kappa shape index (κ3) is 2.20. The average Bonchev–Trinajstić information content (AvgIpc) is 3.29. The first-order valence-corrected chi connectivity index (χ1v) is 8.89. The van der Waals surface area contributed by atoms with Crippen LogP contribution in [0.2, 0.25) is 5.02 Å². The summed E-state index contributed by atoms with van der Waals surface area (Å²) < 4.78 is 10.9. The Balaban J connectivity index is 1.64. The Bertz CT molecular complexity index is 955. The Morgan fingerprint density at radius 2 is 2.04 bits per heavy atom. The summed E-state index contributed by atoms with van der Waals surface area (Å²) in [4.78, 5) is 11.7. The molecule has 26 heavy (non-hydrogen) atoms. The zero-order chi connectivity index (χ0) is 17.8. The van der Waals surface area contributed by atoms with E-state index in [2.05, 4.69) is 17.5 Å². The van der Waals surface area contributed by atoms with E-state index in [1.807, 2.05) is 18.2 Å². The summed E-state index contributed by atoms with van der Waals surface area (Å²) in [7, 11) is 0. The van der Waals surface area contributed by atoms with Crippen LogP contribution in [0.15, 0.2) is 42.5 Å². The Morgan fingerprint density at radius 3 is 2.88 bits per heavy atom. The summed E-state index contributed by atoms with van der Waals surface area (Å²) in [6.07, 6.45) is 5.10. The molecule has 0 unspecified atom stereocenters. The van der Waals surface area contributed by atoms with Crippen molar-refractivity contribution in [3.63, 3.8) is 0 Å². The van der Waals surface area contributed by atoms with Gasteiger partial charge in [0.15, 0.2) is 11.5 Å². The van der Waals surface area contributed by atoms with Gasteiger partial charge in [0.2, 0.25) is 6.79 Å². The first kappa shape index (κ1) is 15.6. The number of anilines is 1. The number of rotatable bonds is 2. The lowest BCUT2D eigenvalue weighted by molar-refractivity contribution is 0.0695. The van der Waals surface area contributed by atoms with Crippen molar-refractivity contribution in [2.24, 2.45) is 5.92 Å². The zero-order valence-electron chi connectivity index (χ0n) is 13.7. The highest BCUT2D eigenvalue weighted by Crippen LogP contribution is 2.53. The summed E-state index contributed by atoms with van der Waals surface area (Å²) in [6, 6.07) is 9.19. The SMILES string of the molecule is O=C(O)c1ccc(Cl)c2c1[C@@H]1C=CC[C@@H]1[C@@H](c1ccc3c(c1)OCO3)N2. The number of allylic oxidation sites excluding steroid dienone is 2. The van der Waals surface area contributed by atoms with Crippen LogP contribution in [-0.2, 0) is 0 Å². The number of carboxylic acid groups (broad SMARTS) is 1. The molecule has 0 aromatic heterocycles. The molecule has 5 nitrogen and oxygen atoms in total. The number of carboxylic acids is 1. The lowest BCUT2D eigenvalue weighted by Crippen LogP contribution is -2.30. The summed E-state index contributed by atoms with van der Waals surface area (Å²) in [5, 5.41) is 13.7. The van der Waals surface area contributed by atoms with Crippen molar-refractivity contribution in [3.05, 3.63) is 64.2 Å². The van der Waals surface area contributed by atoms with E-state index in [1.54, 1.807) is 12.1 Å². The average molecular weight is 370 g/mol. The number of benzene rings is 2. The van der Waals surface area contributed by atoms with Crippen molar-refractivity contribution in [2.45, 2.75) is 18.4 Å². The topological polar surface area (TPSA) is 67.8 Å². The van der Waals surface area contributed by atoms with Gasteiger partial charge >= 0.3 is 5.97 Å². The van der Waals surface area contributed by atoms with Crippen LogP contribution >= 0.6 is 11.6 Å². The number of fused-ring (bicyclic) bond motifs is 4. The van der Waals surface area contributed by atoms with Crippen LogP contribution in [0, 0.1) is 5.92 Å². The molecular formula is C20H16ClNO4. The van der Waals surface area contributed by atoms with Crippen molar-refractivity contribution >= 4 is 23.3 Å². The van der Waals surface area contributed by atoms with Crippen molar-refractivity contribution in [1.82, 2.24) is 0 Å². The Hall–Kier alpha value is -2.66. The second-order valence-corrected chi connectivity index (χ2v) is 7.18. The Kier molecular flexibility index (Phi) is 3.40. The van der Waals surface area contributed by atoms with E-state index in [4.69, 9.17) is 21.1 Å². The molecule has 2 aromatic carbocycles. The van der Waals surface area contributed by atoms with Crippen LogP contribution in [0.1, 0.15) is 39.9 Å². The van der Waals surface area contributed by atoms with Crippen molar-refractivity contribution in [1.29, 1.82) is 0 Å². The van der Waals surface area contributed by atoms with Crippen molar-refractivity contribution in [2.75, 3.05) is 12.1 Å². The minimum atomic E-state index is -0.930. The van der Waals surface area contributed by atoms with Gasteiger partial charge in [0.05, 0.1) is 22.3 Å². The third-order valence-corrected chi connectivity index (χ3v) is 5.77. The van der Waals surface area contributed by atoms with Gasteiger partial charge < -0.3 is 19.9 Å². The molecule has 6 heteroatoms. The molecule has 0 amide bonds. The summed E-state index contributed by atoms with van der Waals surface area (Å²) >= 11 is 6.43. The largest absolute Gasteiger partial charge is 0.478 e. The predicted molar refractivity (Wildman–Crippen MR) is 97.3 cm³/mol. The van der Waals surface area contributed by atoms with Crippen LogP contribution in [0.3, 0.4) is 0 Å². The lowest BCUT2D eigenvalue weighted by Gasteiger charge is -2.38. The molecule has 132 valence electrons. The maximum Gasteiger partial charge on any atom is 0.336 e. The summed E-state index contributed by atoms with van der Waals surface area (Å²) in [5.74, 6) is 0.798. The van der Waals surface area contributed by atoms with Gasteiger partial charge in [-0.15, -0.1) is 0 Å². The highest BCUT2D eigenvalue weighted by Gasteiger charge is 2.41. The monoisotopic (exact) mass is 369 g/mol. The maximum atomic E-state index is 11.7. The number of carbonyl (C=O) groups is 1. The molecule has 0 fully saturated rings. The number of aromatic carboxylic acids is 1. The first-order valence-electron chi connectivity index (χ1n) is 8.52. The summed E-state index contributed by atoms with van der Waals surface area (Å²) in [5.41, 5.74) is 2.88. The Labute approximate surface area is 155 Å². The number of hydrogen-bond donors (Lipinski definition) is 2. The van der Waals surface area contributed by atoms with Gasteiger partial charge in [0.1, 0.15) is 0 Å². The van der Waals surface area contributed by atoms with E-state index >= 15 is 0 Å². The van der Waals surface area contributed by atoms with E-state index in [1.165, 1.54) is 0 Å². The highest BCUT2D eigenvalue weighted by molar-refractivity contribution is 6.33. The van der Waals surface area contributed by atoms with Gasteiger partial charge in [-0.25, -0.2) is 4.79 Å². The van der Waals surface area contributed by atoms with E-state index in [0.29, 0.717) is 16.3 Å². The van der Waals surface area contributed by atoms with Crippen LogP contribution in [0.5, 0.6) is 11.5 Å². The second kappa shape index (κ2) is 5.68. The van der Waals surface area contributed by atoms with Crippen LogP contribution in [0.4, 0.5) is 5.69 Å². The maximum absolute atomic E-state index is 11.7. The Morgan fingerprint density at radius 1 is 1.19 bits per heavy atom. The van der Waals surface area contributed by atoms with E-state index < -0.39 is 5.97 Å². The van der Waals surface area contributed by atoms with Gasteiger partial charge in [-0.3, -0.25) is 0 Å². The molecule has 2 aromatic rings. The molecule has 0 saturated carbocycles. The van der Waals surface area contributed by atoms with Gasteiger partial charge in [0.25, 0.3) is 0 Å². The number of ether oxygens (including phenoxy) is 2. The molecule has 5 rings (SSSR count). The van der Waals surface area contributed by atoms with Crippen molar-refractivity contribution < 1.29 is 19.4 Å². The van der Waals surface area contributed by atoms with Crippen LogP contribution in [0.25, 0.3) is 0 Å². The van der Waals surface area contributed by atoms with Crippen LogP contribution < -0.4 is 14.8 Å². The molecule has 3 atom stereocenters. The molecule has 2 aliphatic heterocycles. The van der Waals surface area contributed by atoms with E-state index in [-0.39, 0.29) is 24.7 Å². The highest BCUT2D eigenvalue weighted by atomic mass is 35.5. The quantitative estimate of drug-likeness (QED) is 0.757. The lowest BCUT2D eigenvalue weighted by atomic mass is 9.75. The fourth-order valence-corrected chi connectivity index (χ4v) is 4.52. The zero-order valence-corrected chi connectivity index (χ0v) is 14.5. The minimum absolute atomic E-state index is 0.0125. The van der Waals surface area contributed by atoms with Gasteiger partial charge in [-0.2, -0.15) is 0 Å². The molecule has 2 heterocycles. The first-order chi connectivity index (χ1) is 12.6. The fourth-order valence-electron chi connectivity index (χ4n) is 4.30. The minimum Gasteiger partial charge on any atom is -0.478 e. The second-order valence-electron chi connectivity index (χ2n) is 6.78. The fraction of sp³-hybridized carbons (Fsp3) is 0.250. The normalized spacial score (nSPS) is 24.7. The molecule has 0 radical (unpaired) electrons. The van der Waals surface area contributed by atoms with Crippen LogP contribution in [-0.4, -0.2) is 17.9 Å². The van der Waals surface area contributed by atoms with Gasteiger partial charge in [-0.05, 0) is 47.7 Å². The summed E-state index contributed by atoms with van der Waals surface area (Å²) in [6.45, 7) is 0.237. The predicted octanol–water partition coefficient (Wildman–Crippen LogP) is 4.59. The number of halogens is 1. The molecule has 0 bridgehead atoms. The third-order valence-electron chi connectivity index (χ3n) is 5.46. The van der Waals surface area contributed by atoms with Crippen molar-refractivity contribution in [3.8, 4) is 11.5 Å². The van der Waals surface area contributed by atoms with E-state index in [0.717, 1.165) is 29.0 Å². The number of hydrogen-bond acceptors (Lipinski definition) is 4. The molecule has 0 spiro atoms. The van der Waals surface area contributed by atoms with E-state index in [9.17, 15) is 9.90 Å². The smallest absolute Gasteiger partial charge is 0.336 e. The molecule has 2 N–H and O–H groups in total. The molecule has 0 saturated heterocycles. The standard InChI is InChI=1S/C20H16ClNO4/c21-14-6-5-13(20(23)24)17-11-2-1-3-12(11)18(22-19(14)17)10-4-7-15-16(8-10)26-9-25-15/h1-2,4-8,11-12,18,22H,3,9H2,(H,23,24)/t11-,12+,18-/m1/s1. The molecular weight excluding hydrogens is 354 g/mol.